The lowest BCUT2D eigenvalue weighted by molar-refractivity contribution is -0.426. The van der Waals surface area contributed by atoms with Crippen LogP contribution >= 0.6 is 0 Å². The van der Waals surface area contributed by atoms with Crippen molar-refractivity contribution in [3.8, 4) is 0 Å². The summed E-state index contributed by atoms with van der Waals surface area (Å²) >= 11 is 0. The van der Waals surface area contributed by atoms with E-state index in [0.717, 1.165) is 0 Å². The van der Waals surface area contributed by atoms with Gasteiger partial charge in [-0.2, -0.15) is 0 Å². The molecule has 2 heteroatoms. The van der Waals surface area contributed by atoms with Crippen molar-refractivity contribution in [1.29, 1.82) is 0 Å². The van der Waals surface area contributed by atoms with Gasteiger partial charge in [-0.15, -0.1) is 0 Å². The van der Waals surface area contributed by atoms with Crippen LogP contribution in [0.5, 0.6) is 0 Å². The van der Waals surface area contributed by atoms with Gasteiger partial charge in [-0.3, -0.25) is 0 Å². The third-order valence-electron chi connectivity index (χ3n) is 6.31. The predicted octanol–water partition coefficient (Wildman–Crippen LogP) is 5.61. The molecule has 0 aromatic rings. The lowest BCUT2D eigenvalue weighted by Gasteiger charge is -2.49. The maximum atomic E-state index is 5.93. The Labute approximate surface area is 126 Å². The van der Waals surface area contributed by atoms with E-state index < -0.39 is 0 Å². The highest BCUT2D eigenvalue weighted by molar-refractivity contribution is 4.93. The minimum Gasteiger partial charge on any atom is -0.230 e. The highest BCUT2D eigenvalue weighted by Gasteiger charge is 2.46. The van der Waals surface area contributed by atoms with Crippen molar-refractivity contribution in [2.45, 2.75) is 93.3 Å². The first kappa shape index (κ1) is 18.0. The standard InChI is InChI=1S/C18H36O2/c1-13-15(3,4)11-12-16(5,6)14(2)18(9,10)20-19-17(13,7)8/h13-14H,11-12H2,1-10H3. The summed E-state index contributed by atoms with van der Waals surface area (Å²) < 4.78 is 0. The zero-order chi connectivity index (χ0) is 16.0. The Morgan fingerprint density at radius 3 is 1.10 bits per heavy atom. The van der Waals surface area contributed by atoms with Gasteiger partial charge >= 0.3 is 0 Å². The fourth-order valence-electron chi connectivity index (χ4n) is 3.32. The number of rotatable bonds is 0. The van der Waals surface area contributed by atoms with Gasteiger partial charge in [0.25, 0.3) is 0 Å². The first-order valence-corrected chi connectivity index (χ1v) is 8.09. The van der Waals surface area contributed by atoms with Crippen molar-refractivity contribution in [3.63, 3.8) is 0 Å². The van der Waals surface area contributed by atoms with E-state index in [2.05, 4.69) is 69.2 Å². The van der Waals surface area contributed by atoms with E-state index in [1.165, 1.54) is 12.8 Å². The van der Waals surface area contributed by atoms with Crippen LogP contribution in [-0.2, 0) is 9.78 Å². The van der Waals surface area contributed by atoms with Crippen LogP contribution in [-0.4, -0.2) is 11.2 Å². The maximum absolute atomic E-state index is 5.93. The maximum Gasteiger partial charge on any atom is 0.101 e. The van der Waals surface area contributed by atoms with E-state index >= 15 is 0 Å². The molecule has 20 heavy (non-hydrogen) atoms. The van der Waals surface area contributed by atoms with Crippen molar-refractivity contribution in [1.82, 2.24) is 0 Å². The summed E-state index contributed by atoms with van der Waals surface area (Å²) in [5.74, 6) is 0.852. The summed E-state index contributed by atoms with van der Waals surface area (Å²) in [6.45, 7) is 22.6. The number of hydrogen-bond donors (Lipinski definition) is 0. The van der Waals surface area contributed by atoms with Crippen molar-refractivity contribution >= 4 is 0 Å². The topological polar surface area (TPSA) is 18.5 Å². The van der Waals surface area contributed by atoms with Gasteiger partial charge in [0.15, 0.2) is 0 Å². The van der Waals surface area contributed by atoms with Gasteiger partial charge in [0, 0.05) is 0 Å². The Balaban J connectivity index is 3.13. The Morgan fingerprint density at radius 2 is 0.850 bits per heavy atom. The van der Waals surface area contributed by atoms with Gasteiger partial charge in [-0.1, -0.05) is 41.5 Å². The van der Waals surface area contributed by atoms with E-state index in [4.69, 9.17) is 9.78 Å². The Kier molecular flexibility index (Phi) is 4.74. The molecule has 1 rings (SSSR count). The Bertz CT molecular complexity index is 273. The van der Waals surface area contributed by atoms with E-state index in [0.29, 0.717) is 11.8 Å². The quantitative estimate of drug-likeness (QED) is 0.538. The first-order valence-electron chi connectivity index (χ1n) is 8.09. The van der Waals surface area contributed by atoms with Crippen molar-refractivity contribution in [2.75, 3.05) is 0 Å². The molecule has 1 fully saturated rings. The van der Waals surface area contributed by atoms with Gasteiger partial charge in [0.2, 0.25) is 0 Å². The minimum absolute atomic E-state index is 0.241. The molecule has 0 aromatic carbocycles. The van der Waals surface area contributed by atoms with Crippen molar-refractivity contribution in [3.05, 3.63) is 0 Å². The molecule has 120 valence electrons. The molecule has 1 aliphatic heterocycles. The first-order chi connectivity index (χ1) is 8.72. The second-order valence-electron chi connectivity index (χ2n) is 9.29. The predicted molar refractivity (Wildman–Crippen MR) is 85.5 cm³/mol. The molecule has 2 unspecified atom stereocenters. The minimum atomic E-state index is -0.276. The Morgan fingerprint density at radius 1 is 0.600 bits per heavy atom. The summed E-state index contributed by atoms with van der Waals surface area (Å²) in [6.07, 6.45) is 2.43. The van der Waals surface area contributed by atoms with Crippen LogP contribution in [0.3, 0.4) is 0 Å². The molecular weight excluding hydrogens is 248 g/mol. The van der Waals surface area contributed by atoms with Gasteiger partial charge in [0.1, 0.15) is 11.2 Å². The zero-order valence-corrected chi connectivity index (χ0v) is 15.4. The highest BCUT2D eigenvalue weighted by Crippen LogP contribution is 2.48. The second-order valence-corrected chi connectivity index (χ2v) is 9.29. The van der Waals surface area contributed by atoms with Crippen LogP contribution in [0.15, 0.2) is 0 Å². The normalized spacial score (nSPS) is 36.3. The second kappa shape index (κ2) is 5.28. The molecule has 0 N–H and O–H groups in total. The van der Waals surface area contributed by atoms with Crippen LogP contribution in [0.25, 0.3) is 0 Å². The molecule has 0 aliphatic carbocycles. The fourth-order valence-corrected chi connectivity index (χ4v) is 3.32. The van der Waals surface area contributed by atoms with Crippen molar-refractivity contribution < 1.29 is 9.78 Å². The van der Waals surface area contributed by atoms with Gasteiger partial charge in [0.05, 0.1) is 0 Å². The monoisotopic (exact) mass is 284 g/mol. The lowest BCUT2D eigenvalue weighted by atomic mass is 9.63. The lowest BCUT2D eigenvalue weighted by Crippen LogP contribution is -2.49. The molecule has 2 nitrogen and oxygen atoms in total. The molecule has 0 saturated carbocycles. The van der Waals surface area contributed by atoms with Crippen LogP contribution in [0, 0.1) is 22.7 Å². The molecule has 2 atom stereocenters. The molecule has 1 heterocycles. The molecular formula is C18H36O2. The van der Waals surface area contributed by atoms with E-state index in [9.17, 15) is 0 Å². The Hall–Kier alpha value is -0.0800. The van der Waals surface area contributed by atoms with E-state index in [1.54, 1.807) is 0 Å². The average molecular weight is 284 g/mol. The molecule has 0 radical (unpaired) electrons. The zero-order valence-electron chi connectivity index (χ0n) is 15.4. The smallest absolute Gasteiger partial charge is 0.101 e. The molecule has 0 spiro atoms. The van der Waals surface area contributed by atoms with Crippen molar-refractivity contribution in [2.24, 2.45) is 22.7 Å². The molecule has 1 saturated heterocycles. The largest absolute Gasteiger partial charge is 0.230 e. The summed E-state index contributed by atoms with van der Waals surface area (Å²) in [4.78, 5) is 11.9. The third kappa shape index (κ3) is 3.57. The summed E-state index contributed by atoms with van der Waals surface area (Å²) in [5.41, 5.74) is -0.0688. The average Bonchev–Trinajstić information content (AvgIpc) is 2.31. The molecule has 0 amide bonds. The SMILES string of the molecule is CC1C(C)(C)CCC(C)(C)C(C)C(C)(C)OOC1(C)C. The van der Waals surface area contributed by atoms with Crippen LogP contribution in [0.2, 0.25) is 0 Å². The van der Waals surface area contributed by atoms with Crippen LogP contribution < -0.4 is 0 Å². The third-order valence-corrected chi connectivity index (χ3v) is 6.31. The molecule has 0 aromatic heterocycles. The van der Waals surface area contributed by atoms with Gasteiger partial charge in [-0.05, 0) is 63.2 Å². The van der Waals surface area contributed by atoms with Crippen LogP contribution in [0.4, 0.5) is 0 Å². The molecule has 1 aliphatic rings. The summed E-state index contributed by atoms with van der Waals surface area (Å²) in [7, 11) is 0. The fraction of sp³-hybridized carbons (Fsp3) is 1.00. The van der Waals surface area contributed by atoms with Gasteiger partial charge in [-0.25, -0.2) is 9.78 Å². The van der Waals surface area contributed by atoms with E-state index in [1.807, 2.05) is 0 Å². The molecule has 0 bridgehead atoms. The van der Waals surface area contributed by atoms with Crippen LogP contribution in [0.1, 0.15) is 82.1 Å². The highest BCUT2D eigenvalue weighted by atomic mass is 17.2. The van der Waals surface area contributed by atoms with E-state index in [-0.39, 0.29) is 22.0 Å². The summed E-state index contributed by atoms with van der Waals surface area (Å²) in [5, 5.41) is 0. The summed E-state index contributed by atoms with van der Waals surface area (Å²) in [6, 6.07) is 0. The number of hydrogen-bond acceptors (Lipinski definition) is 2. The van der Waals surface area contributed by atoms with Gasteiger partial charge < -0.3 is 0 Å².